The van der Waals surface area contributed by atoms with Crippen LogP contribution >= 0.6 is 0 Å². The van der Waals surface area contributed by atoms with Crippen LogP contribution in [0.5, 0.6) is 0 Å². The van der Waals surface area contributed by atoms with Crippen molar-refractivity contribution in [2.24, 2.45) is 11.3 Å². The number of nitrogens with one attached hydrogen (secondary N) is 1. The van der Waals surface area contributed by atoms with Crippen LogP contribution in [0.2, 0.25) is 0 Å². The maximum Gasteiger partial charge on any atom is 0.222 e. The average Bonchev–Trinajstić information content (AvgIpc) is 2.55. The van der Waals surface area contributed by atoms with E-state index in [9.17, 15) is 4.79 Å². The largest absolute Gasteiger partial charge is 0.343 e. The first-order chi connectivity index (χ1) is 10.3. The van der Waals surface area contributed by atoms with Crippen LogP contribution in [0.3, 0.4) is 0 Å². The molecule has 0 radical (unpaired) electrons. The highest BCUT2D eigenvalue weighted by atomic mass is 16.2. The van der Waals surface area contributed by atoms with E-state index in [1.807, 2.05) is 0 Å². The van der Waals surface area contributed by atoms with Crippen LogP contribution in [0.4, 0.5) is 0 Å². The molecule has 1 spiro atoms. The number of carbonyl (C=O) groups is 1. The summed E-state index contributed by atoms with van der Waals surface area (Å²) in [4.78, 5) is 14.6. The van der Waals surface area contributed by atoms with Crippen molar-refractivity contribution in [2.75, 3.05) is 26.2 Å². The Morgan fingerprint density at radius 2 is 1.81 bits per heavy atom. The maximum absolute atomic E-state index is 12.4. The Morgan fingerprint density at radius 3 is 2.48 bits per heavy atom. The van der Waals surface area contributed by atoms with Crippen molar-refractivity contribution in [1.29, 1.82) is 0 Å². The highest BCUT2D eigenvalue weighted by Crippen LogP contribution is 2.44. The second kappa shape index (κ2) is 7.13. The average molecular weight is 292 g/mol. The molecule has 3 aliphatic rings. The molecule has 1 N–H and O–H groups in total. The van der Waals surface area contributed by atoms with Gasteiger partial charge in [-0.1, -0.05) is 19.3 Å². The zero-order chi connectivity index (χ0) is 14.5. The fraction of sp³-hybridized carbons (Fsp3) is 0.944. The number of rotatable bonds is 3. The minimum absolute atomic E-state index is 0.422. The van der Waals surface area contributed by atoms with Gasteiger partial charge in [0.2, 0.25) is 5.91 Å². The zero-order valence-corrected chi connectivity index (χ0v) is 13.5. The number of likely N-dealkylation sites (tertiary alicyclic amines) is 1. The van der Waals surface area contributed by atoms with Crippen molar-refractivity contribution < 1.29 is 4.79 Å². The van der Waals surface area contributed by atoms with Crippen LogP contribution in [0.1, 0.15) is 70.6 Å². The first-order valence-electron chi connectivity index (χ1n) is 9.26. The van der Waals surface area contributed by atoms with E-state index < -0.39 is 0 Å². The molecule has 0 aromatic heterocycles. The third-order valence-electron chi connectivity index (χ3n) is 6.26. The number of hydrogen-bond donors (Lipinski definition) is 1. The van der Waals surface area contributed by atoms with Gasteiger partial charge in [0.15, 0.2) is 0 Å². The van der Waals surface area contributed by atoms with Crippen molar-refractivity contribution in [2.45, 2.75) is 70.6 Å². The number of nitrogens with zero attached hydrogens (tertiary/aromatic N) is 1. The van der Waals surface area contributed by atoms with Gasteiger partial charge in [-0.05, 0) is 69.4 Å². The minimum atomic E-state index is 0.422. The quantitative estimate of drug-likeness (QED) is 0.865. The Hall–Kier alpha value is -0.570. The minimum Gasteiger partial charge on any atom is -0.343 e. The number of carbonyl (C=O) groups excluding carboxylic acids is 1. The van der Waals surface area contributed by atoms with Crippen molar-refractivity contribution in [1.82, 2.24) is 10.2 Å². The first kappa shape index (κ1) is 15.3. The third kappa shape index (κ3) is 4.00. The van der Waals surface area contributed by atoms with Crippen LogP contribution in [0.25, 0.3) is 0 Å². The van der Waals surface area contributed by atoms with Gasteiger partial charge < -0.3 is 10.2 Å². The molecule has 3 fully saturated rings. The Balaban J connectivity index is 1.40. The van der Waals surface area contributed by atoms with E-state index in [4.69, 9.17) is 0 Å². The third-order valence-corrected chi connectivity index (χ3v) is 6.26. The second-order valence-electron chi connectivity index (χ2n) is 7.69. The van der Waals surface area contributed by atoms with E-state index in [0.717, 1.165) is 38.4 Å². The van der Waals surface area contributed by atoms with E-state index in [1.165, 1.54) is 64.3 Å². The lowest BCUT2D eigenvalue weighted by Crippen LogP contribution is -2.44. The smallest absolute Gasteiger partial charge is 0.222 e. The fourth-order valence-electron chi connectivity index (χ4n) is 4.69. The summed E-state index contributed by atoms with van der Waals surface area (Å²) in [7, 11) is 0. The number of hydrogen-bond acceptors (Lipinski definition) is 2. The summed E-state index contributed by atoms with van der Waals surface area (Å²) in [6.07, 6.45) is 14.1. The van der Waals surface area contributed by atoms with E-state index in [1.54, 1.807) is 0 Å². The van der Waals surface area contributed by atoms with Crippen LogP contribution < -0.4 is 5.32 Å². The summed E-state index contributed by atoms with van der Waals surface area (Å²) in [6.45, 7) is 4.35. The van der Waals surface area contributed by atoms with Gasteiger partial charge in [-0.15, -0.1) is 0 Å². The predicted octanol–water partition coefficient (Wildman–Crippen LogP) is 3.34. The predicted molar refractivity (Wildman–Crippen MR) is 86.2 cm³/mol. The Morgan fingerprint density at radius 1 is 1.05 bits per heavy atom. The highest BCUT2D eigenvalue weighted by molar-refractivity contribution is 5.76. The zero-order valence-electron chi connectivity index (χ0n) is 13.5. The van der Waals surface area contributed by atoms with Crippen molar-refractivity contribution in [3.8, 4) is 0 Å². The molecule has 2 heterocycles. The van der Waals surface area contributed by atoms with Crippen LogP contribution in [0, 0.1) is 11.3 Å². The van der Waals surface area contributed by atoms with E-state index >= 15 is 0 Å². The van der Waals surface area contributed by atoms with Crippen molar-refractivity contribution in [3.05, 3.63) is 0 Å². The van der Waals surface area contributed by atoms with Gasteiger partial charge in [-0.2, -0.15) is 0 Å². The highest BCUT2D eigenvalue weighted by Gasteiger charge is 2.36. The molecule has 0 bridgehead atoms. The van der Waals surface area contributed by atoms with E-state index in [-0.39, 0.29) is 0 Å². The molecule has 1 aliphatic carbocycles. The fourth-order valence-corrected chi connectivity index (χ4v) is 4.69. The molecule has 2 saturated heterocycles. The SMILES string of the molecule is O=C(CCC1CCCNC1)N1CCC2(CCCCC2)CC1. The molecular formula is C18H32N2O. The Bertz CT molecular complexity index is 333. The molecule has 120 valence electrons. The molecule has 3 nitrogen and oxygen atoms in total. The van der Waals surface area contributed by atoms with E-state index in [0.29, 0.717) is 11.3 Å². The van der Waals surface area contributed by atoms with Gasteiger partial charge in [0.25, 0.3) is 0 Å². The molecule has 0 aromatic rings. The summed E-state index contributed by atoms with van der Waals surface area (Å²) in [6, 6.07) is 0. The lowest BCUT2D eigenvalue weighted by atomic mass is 9.68. The van der Waals surface area contributed by atoms with Gasteiger partial charge >= 0.3 is 0 Å². The lowest BCUT2D eigenvalue weighted by molar-refractivity contribution is -0.134. The molecule has 3 rings (SSSR count). The summed E-state index contributed by atoms with van der Waals surface area (Å²) >= 11 is 0. The van der Waals surface area contributed by atoms with Gasteiger partial charge in [-0.3, -0.25) is 4.79 Å². The summed E-state index contributed by atoms with van der Waals surface area (Å²) in [5.41, 5.74) is 0.613. The molecule has 0 aromatic carbocycles. The second-order valence-corrected chi connectivity index (χ2v) is 7.69. The van der Waals surface area contributed by atoms with E-state index in [2.05, 4.69) is 10.2 Å². The molecule has 21 heavy (non-hydrogen) atoms. The van der Waals surface area contributed by atoms with Crippen molar-refractivity contribution in [3.63, 3.8) is 0 Å². The van der Waals surface area contributed by atoms with Crippen LogP contribution in [0.15, 0.2) is 0 Å². The lowest BCUT2D eigenvalue weighted by Gasteiger charge is -2.44. The summed E-state index contributed by atoms with van der Waals surface area (Å²) in [5, 5.41) is 3.45. The standard InChI is InChI=1S/C18H32N2O/c21-17(7-6-16-5-4-12-19-15-16)20-13-10-18(11-14-20)8-2-1-3-9-18/h16,19H,1-15H2. The molecule has 3 heteroatoms. The Kier molecular flexibility index (Phi) is 5.20. The molecule has 1 unspecified atom stereocenters. The molecule has 2 aliphatic heterocycles. The number of amides is 1. The summed E-state index contributed by atoms with van der Waals surface area (Å²) in [5.74, 6) is 1.16. The summed E-state index contributed by atoms with van der Waals surface area (Å²) < 4.78 is 0. The first-order valence-corrected chi connectivity index (χ1v) is 9.26. The van der Waals surface area contributed by atoms with Crippen LogP contribution in [-0.2, 0) is 4.79 Å². The number of piperidine rings is 2. The molecule has 1 atom stereocenters. The monoisotopic (exact) mass is 292 g/mol. The van der Waals surface area contributed by atoms with Gasteiger partial charge in [0, 0.05) is 19.5 Å². The molecular weight excluding hydrogens is 260 g/mol. The van der Waals surface area contributed by atoms with Gasteiger partial charge in [0.1, 0.15) is 0 Å². The maximum atomic E-state index is 12.4. The Labute approximate surface area is 129 Å². The molecule has 1 saturated carbocycles. The normalized spacial score (nSPS) is 29.5. The van der Waals surface area contributed by atoms with Gasteiger partial charge in [-0.25, -0.2) is 0 Å². The topological polar surface area (TPSA) is 32.3 Å². The van der Waals surface area contributed by atoms with Crippen LogP contribution in [-0.4, -0.2) is 37.0 Å². The van der Waals surface area contributed by atoms with Gasteiger partial charge in [0.05, 0.1) is 0 Å². The van der Waals surface area contributed by atoms with Crippen molar-refractivity contribution >= 4 is 5.91 Å². The molecule has 1 amide bonds.